The summed E-state index contributed by atoms with van der Waals surface area (Å²) in [6, 6.07) is 4.94. The zero-order valence-corrected chi connectivity index (χ0v) is 10.2. The first-order chi connectivity index (χ1) is 7.97. The van der Waals surface area contributed by atoms with E-state index in [-0.39, 0.29) is 16.3 Å². The molecule has 0 aliphatic carbocycles. The monoisotopic (exact) mass is 258 g/mol. The highest BCUT2D eigenvalue weighted by atomic mass is 32.2. The van der Waals surface area contributed by atoms with Crippen LogP contribution >= 0.6 is 0 Å². The topological polar surface area (TPSA) is 89.3 Å². The molecular weight excluding hydrogens is 244 g/mol. The van der Waals surface area contributed by atoms with Crippen molar-refractivity contribution in [2.45, 2.75) is 11.3 Å². The molecule has 0 aliphatic heterocycles. The largest absolute Gasteiger partial charge is 0.320 e. The minimum Gasteiger partial charge on any atom is -0.320 e. The molecule has 0 atom stereocenters. The number of benzene rings is 1. The summed E-state index contributed by atoms with van der Waals surface area (Å²) in [6.45, 7) is 0.617. The average molecular weight is 258 g/mol. The van der Waals surface area contributed by atoms with Crippen molar-refractivity contribution in [1.82, 2.24) is 5.32 Å². The molecule has 1 N–H and O–H groups in total. The van der Waals surface area contributed by atoms with E-state index in [0.29, 0.717) is 13.0 Å². The summed E-state index contributed by atoms with van der Waals surface area (Å²) in [5, 5.41) is 13.3. The van der Waals surface area contributed by atoms with Crippen LogP contribution in [0.2, 0.25) is 0 Å². The van der Waals surface area contributed by atoms with E-state index in [1.54, 1.807) is 7.05 Å². The number of nitrogens with zero attached hydrogens (tertiary/aromatic N) is 1. The highest BCUT2D eigenvalue weighted by Gasteiger charge is 2.15. The Kier molecular flexibility index (Phi) is 4.59. The summed E-state index contributed by atoms with van der Waals surface area (Å²) in [7, 11) is -1.59. The normalized spacial score (nSPS) is 11.4. The fourth-order valence-corrected chi connectivity index (χ4v) is 2.64. The van der Waals surface area contributed by atoms with Crippen LogP contribution in [0.15, 0.2) is 29.2 Å². The van der Waals surface area contributed by atoms with E-state index in [1.165, 1.54) is 24.3 Å². The number of hydrogen-bond donors (Lipinski definition) is 1. The molecule has 0 radical (unpaired) electrons. The predicted molar refractivity (Wildman–Crippen MR) is 63.7 cm³/mol. The van der Waals surface area contributed by atoms with E-state index < -0.39 is 14.8 Å². The number of nitro groups is 1. The SMILES string of the molecule is CNCCCS(=O)(=O)c1ccc([N+](=O)[O-])cc1. The first-order valence-corrected chi connectivity index (χ1v) is 6.74. The van der Waals surface area contributed by atoms with Gasteiger partial charge in [0.05, 0.1) is 15.6 Å². The molecule has 0 heterocycles. The van der Waals surface area contributed by atoms with Gasteiger partial charge in [0, 0.05) is 12.1 Å². The third kappa shape index (κ3) is 3.79. The van der Waals surface area contributed by atoms with E-state index in [0.717, 1.165) is 0 Å². The van der Waals surface area contributed by atoms with Crippen LogP contribution in [-0.2, 0) is 9.84 Å². The van der Waals surface area contributed by atoms with Crippen molar-refractivity contribution in [2.24, 2.45) is 0 Å². The maximum Gasteiger partial charge on any atom is 0.269 e. The minimum absolute atomic E-state index is 0.0334. The van der Waals surface area contributed by atoms with Crippen LogP contribution in [0.25, 0.3) is 0 Å². The van der Waals surface area contributed by atoms with Gasteiger partial charge in [-0.3, -0.25) is 10.1 Å². The van der Waals surface area contributed by atoms with Gasteiger partial charge in [0.2, 0.25) is 0 Å². The van der Waals surface area contributed by atoms with Gasteiger partial charge in [0.1, 0.15) is 0 Å². The number of rotatable bonds is 6. The van der Waals surface area contributed by atoms with Gasteiger partial charge in [-0.05, 0) is 32.1 Å². The predicted octanol–water partition coefficient (Wildman–Crippen LogP) is 0.978. The van der Waals surface area contributed by atoms with Crippen LogP contribution in [0, 0.1) is 10.1 Å². The molecule has 0 fully saturated rings. The van der Waals surface area contributed by atoms with E-state index >= 15 is 0 Å². The maximum absolute atomic E-state index is 11.8. The van der Waals surface area contributed by atoms with Gasteiger partial charge in [-0.1, -0.05) is 0 Å². The summed E-state index contributed by atoms with van der Waals surface area (Å²) >= 11 is 0. The minimum atomic E-state index is -3.34. The van der Waals surface area contributed by atoms with E-state index in [2.05, 4.69) is 5.32 Å². The van der Waals surface area contributed by atoms with Gasteiger partial charge in [0.15, 0.2) is 9.84 Å². The summed E-state index contributed by atoms with van der Waals surface area (Å²) in [6.07, 6.45) is 0.510. The average Bonchev–Trinajstić information content (AvgIpc) is 2.29. The molecule has 0 spiro atoms. The maximum atomic E-state index is 11.8. The van der Waals surface area contributed by atoms with Crippen molar-refractivity contribution >= 4 is 15.5 Å². The Bertz CT molecular complexity index is 482. The highest BCUT2D eigenvalue weighted by Crippen LogP contribution is 2.17. The van der Waals surface area contributed by atoms with Crippen molar-refractivity contribution < 1.29 is 13.3 Å². The fraction of sp³-hybridized carbons (Fsp3) is 0.400. The lowest BCUT2D eigenvalue weighted by Crippen LogP contribution is -2.14. The van der Waals surface area contributed by atoms with Gasteiger partial charge in [-0.2, -0.15) is 0 Å². The Morgan fingerprint density at radius 2 is 1.88 bits per heavy atom. The van der Waals surface area contributed by atoms with Gasteiger partial charge in [-0.15, -0.1) is 0 Å². The molecule has 1 aromatic carbocycles. The zero-order valence-electron chi connectivity index (χ0n) is 9.42. The lowest BCUT2D eigenvalue weighted by Gasteiger charge is -2.03. The Balaban J connectivity index is 2.81. The Morgan fingerprint density at radius 3 is 2.35 bits per heavy atom. The molecule has 0 unspecified atom stereocenters. The summed E-state index contributed by atoms with van der Waals surface area (Å²) < 4.78 is 23.6. The Hall–Kier alpha value is -1.47. The molecule has 1 aromatic rings. The molecule has 17 heavy (non-hydrogen) atoms. The van der Waals surface area contributed by atoms with E-state index in [9.17, 15) is 18.5 Å². The van der Waals surface area contributed by atoms with Gasteiger partial charge < -0.3 is 5.32 Å². The molecule has 0 aliphatic rings. The second-order valence-corrected chi connectivity index (χ2v) is 5.64. The number of nitro benzene ring substituents is 1. The number of nitrogens with one attached hydrogen (secondary N) is 1. The molecule has 94 valence electrons. The van der Waals surface area contributed by atoms with Crippen molar-refractivity contribution in [1.29, 1.82) is 0 Å². The Labute approximate surface area is 99.7 Å². The summed E-state index contributed by atoms with van der Waals surface area (Å²) in [5.74, 6) is 0.0334. The van der Waals surface area contributed by atoms with Gasteiger partial charge in [0.25, 0.3) is 5.69 Å². The summed E-state index contributed by atoms with van der Waals surface area (Å²) in [4.78, 5) is 9.99. The van der Waals surface area contributed by atoms with E-state index in [1.807, 2.05) is 0 Å². The quantitative estimate of drug-likeness (QED) is 0.466. The van der Waals surface area contributed by atoms with Crippen molar-refractivity contribution in [3.8, 4) is 0 Å². The first-order valence-electron chi connectivity index (χ1n) is 5.09. The van der Waals surface area contributed by atoms with Crippen LogP contribution in [0.3, 0.4) is 0 Å². The highest BCUT2D eigenvalue weighted by molar-refractivity contribution is 7.91. The smallest absolute Gasteiger partial charge is 0.269 e. The molecule has 0 bridgehead atoms. The molecule has 0 saturated heterocycles. The van der Waals surface area contributed by atoms with Crippen molar-refractivity contribution in [3.63, 3.8) is 0 Å². The van der Waals surface area contributed by atoms with Gasteiger partial charge >= 0.3 is 0 Å². The van der Waals surface area contributed by atoms with Crippen LogP contribution in [0.5, 0.6) is 0 Å². The van der Waals surface area contributed by atoms with E-state index in [4.69, 9.17) is 0 Å². The Morgan fingerprint density at radius 1 is 1.29 bits per heavy atom. The fourth-order valence-electron chi connectivity index (χ4n) is 1.33. The van der Waals surface area contributed by atoms with Crippen molar-refractivity contribution in [3.05, 3.63) is 34.4 Å². The van der Waals surface area contributed by atoms with Crippen LogP contribution in [-0.4, -0.2) is 32.7 Å². The molecule has 7 heteroatoms. The molecule has 0 amide bonds. The number of sulfone groups is 1. The molecule has 1 rings (SSSR count). The first kappa shape index (κ1) is 13.6. The second kappa shape index (κ2) is 5.74. The number of hydrogen-bond acceptors (Lipinski definition) is 5. The molecule has 0 saturated carbocycles. The lowest BCUT2D eigenvalue weighted by atomic mass is 10.3. The lowest BCUT2D eigenvalue weighted by molar-refractivity contribution is -0.384. The molecule has 0 aromatic heterocycles. The molecule has 6 nitrogen and oxygen atoms in total. The zero-order chi connectivity index (χ0) is 12.9. The van der Waals surface area contributed by atoms with Crippen LogP contribution in [0.1, 0.15) is 6.42 Å². The third-order valence-electron chi connectivity index (χ3n) is 2.25. The van der Waals surface area contributed by atoms with Crippen LogP contribution in [0.4, 0.5) is 5.69 Å². The van der Waals surface area contributed by atoms with Gasteiger partial charge in [-0.25, -0.2) is 8.42 Å². The van der Waals surface area contributed by atoms with Crippen LogP contribution < -0.4 is 5.32 Å². The second-order valence-electron chi connectivity index (χ2n) is 3.53. The standard InChI is InChI=1S/C10H14N2O4S/c1-11-7-2-8-17(15,16)10-5-3-9(4-6-10)12(13)14/h3-6,11H,2,7-8H2,1H3. The van der Waals surface area contributed by atoms with Crippen molar-refractivity contribution in [2.75, 3.05) is 19.3 Å². The summed E-state index contributed by atoms with van der Waals surface area (Å²) in [5.41, 5.74) is -0.112. The molecular formula is C10H14N2O4S. The third-order valence-corrected chi connectivity index (χ3v) is 4.06. The number of non-ortho nitro benzene ring substituents is 1.